The molecule has 3 N–H and O–H groups in total. The fourth-order valence-corrected chi connectivity index (χ4v) is 2.21. The molecule has 1 amide bonds. The molecule has 106 valence electrons. The Labute approximate surface area is 115 Å². The fraction of sp³-hybridized carbons (Fsp3) is 0.308. The van der Waals surface area contributed by atoms with Gasteiger partial charge in [-0.05, 0) is 19.9 Å². The molecule has 20 heavy (non-hydrogen) atoms. The van der Waals surface area contributed by atoms with Gasteiger partial charge in [0, 0.05) is 24.2 Å². The van der Waals surface area contributed by atoms with Crippen molar-refractivity contribution in [2.75, 3.05) is 0 Å². The van der Waals surface area contributed by atoms with Gasteiger partial charge in [0.05, 0.1) is 10.3 Å². The van der Waals surface area contributed by atoms with Crippen molar-refractivity contribution in [3.63, 3.8) is 0 Å². The molecule has 1 aromatic heterocycles. The second kappa shape index (κ2) is 4.93. The van der Waals surface area contributed by atoms with E-state index in [9.17, 15) is 14.9 Å². The lowest BCUT2D eigenvalue weighted by molar-refractivity contribution is -0.383. The lowest BCUT2D eigenvalue weighted by Crippen LogP contribution is -2.43. The first-order chi connectivity index (χ1) is 9.36. The number of non-ortho nitro benzene ring substituents is 1. The highest BCUT2D eigenvalue weighted by atomic mass is 16.6. The average Bonchev–Trinajstić information content (AvgIpc) is 2.80. The predicted molar refractivity (Wildman–Crippen MR) is 74.7 cm³/mol. The van der Waals surface area contributed by atoms with Crippen molar-refractivity contribution in [1.82, 2.24) is 9.99 Å². The SMILES string of the molecule is CC(C)(Cn1ccc2cccc([N+](=O)[O-])c21)C(=O)NN. The molecular weight excluding hydrogens is 260 g/mol. The first kappa shape index (κ1) is 14.0. The minimum Gasteiger partial charge on any atom is -0.341 e. The number of hydrogen-bond acceptors (Lipinski definition) is 4. The molecule has 2 rings (SSSR count). The summed E-state index contributed by atoms with van der Waals surface area (Å²) in [6, 6.07) is 6.69. The largest absolute Gasteiger partial charge is 0.341 e. The second-order valence-electron chi connectivity index (χ2n) is 5.27. The number of nitrogens with one attached hydrogen (secondary N) is 1. The first-order valence-electron chi connectivity index (χ1n) is 6.10. The lowest BCUT2D eigenvalue weighted by Gasteiger charge is -2.23. The minimum absolute atomic E-state index is 0.0245. The number of benzene rings is 1. The van der Waals surface area contributed by atoms with Crippen molar-refractivity contribution in [2.24, 2.45) is 11.3 Å². The first-order valence-corrected chi connectivity index (χ1v) is 6.10. The Bertz CT molecular complexity index is 675. The number of nitro benzene ring substituents is 1. The van der Waals surface area contributed by atoms with Crippen LogP contribution in [0.25, 0.3) is 10.9 Å². The Kier molecular flexibility index (Phi) is 3.46. The highest BCUT2D eigenvalue weighted by Gasteiger charge is 2.29. The number of para-hydroxylation sites is 1. The molecule has 0 aliphatic heterocycles. The smallest absolute Gasteiger partial charge is 0.293 e. The van der Waals surface area contributed by atoms with Gasteiger partial charge in [-0.2, -0.15) is 0 Å². The van der Waals surface area contributed by atoms with E-state index in [4.69, 9.17) is 5.84 Å². The zero-order valence-electron chi connectivity index (χ0n) is 11.3. The Morgan fingerprint density at radius 1 is 1.45 bits per heavy atom. The molecule has 0 radical (unpaired) electrons. The second-order valence-corrected chi connectivity index (χ2v) is 5.27. The summed E-state index contributed by atoms with van der Waals surface area (Å²) in [4.78, 5) is 22.4. The van der Waals surface area contributed by atoms with E-state index >= 15 is 0 Å². The van der Waals surface area contributed by atoms with Crippen LogP contribution in [0.5, 0.6) is 0 Å². The van der Waals surface area contributed by atoms with E-state index in [1.54, 1.807) is 42.8 Å². The Balaban J connectivity index is 2.51. The van der Waals surface area contributed by atoms with Gasteiger partial charge < -0.3 is 4.57 Å². The fourth-order valence-electron chi connectivity index (χ4n) is 2.21. The summed E-state index contributed by atoms with van der Waals surface area (Å²) in [6.07, 6.45) is 1.74. The van der Waals surface area contributed by atoms with Gasteiger partial charge in [-0.3, -0.25) is 20.3 Å². The number of amides is 1. The van der Waals surface area contributed by atoms with E-state index in [-0.39, 0.29) is 11.6 Å². The Morgan fingerprint density at radius 2 is 2.15 bits per heavy atom. The van der Waals surface area contributed by atoms with E-state index in [0.717, 1.165) is 5.39 Å². The van der Waals surface area contributed by atoms with E-state index in [1.807, 2.05) is 0 Å². The number of hydrogen-bond donors (Lipinski definition) is 2. The van der Waals surface area contributed by atoms with Crippen molar-refractivity contribution in [3.05, 3.63) is 40.6 Å². The summed E-state index contributed by atoms with van der Waals surface area (Å²) in [6.45, 7) is 3.76. The molecule has 0 spiro atoms. The maximum atomic E-state index is 11.7. The van der Waals surface area contributed by atoms with Gasteiger partial charge >= 0.3 is 0 Å². The van der Waals surface area contributed by atoms with Crippen LogP contribution in [0.15, 0.2) is 30.5 Å². The number of aromatic nitrogens is 1. The summed E-state index contributed by atoms with van der Waals surface area (Å²) in [5, 5.41) is 11.9. The maximum absolute atomic E-state index is 11.7. The van der Waals surface area contributed by atoms with Gasteiger partial charge in [0.15, 0.2) is 0 Å². The van der Waals surface area contributed by atoms with E-state index in [1.165, 1.54) is 6.07 Å². The van der Waals surface area contributed by atoms with Gasteiger partial charge in [0.25, 0.3) is 5.69 Å². The standard InChI is InChI=1S/C13H16N4O3/c1-13(2,12(18)15-14)8-16-7-6-9-4-3-5-10(11(9)16)17(19)20/h3-7H,8,14H2,1-2H3,(H,15,18). The van der Waals surface area contributed by atoms with Crippen LogP contribution >= 0.6 is 0 Å². The highest BCUT2D eigenvalue weighted by molar-refractivity contribution is 5.89. The molecule has 0 aliphatic carbocycles. The topological polar surface area (TPSA) is 103 Å². The number of fused-ring (bicyclic) bond motifs is 1. The van der Waals surface area contributed by atoms with Gasteiger partial charge in [-0.1, -0.05) is 12.1 Å². The van der Waals surface area contributed by atoms with Gasteiger partial charge in [0.2, 0.25) is 5.91 Å². The molecule has 1 heterocycles. The zero-order chi connectivity index (χ0) is 14.9. The molecular formula is C13H16N4O3. The van der Waals surface area contributed by atoms with Crippen LogP contribution < -0.4 is 11.3 Å². The van der Waals surface area contributed by atoms with Crippen LogP contribution in [0.1, 0.15) is 13.8 Å². The number of carbonyl (C=O) groups excluding carboxylic acids is 1. The van der Waals surface area contributed by atoms with Crippen LogP contribution in [0.2, 0.25) is 0 Å². The third kappa shape index (κ3) is 2.35. The Hall–Kier alpha value is -2.41. The van der Waals surface area contributed by atoms with Crippen LogP contribution in [0, 0.1) is 15.5 Å². The van der Waals surface area contributed by atoms with Crippen LogP contribution in [-0.4, -0.2) is 15.4 Å². The maximum Gasteiger partial charge on any atom is 0.293 e. The number of hydrazine groups is 1. The number of carbonyl (C=O) groups is 1. The predicted octanol–water partition coefficient (Wildman–Crippen LogP) is 1.57. The summed E-state index contributed by atoms with van der Waals surface area (Å²) >= 11 is 0. The molecule has 0 unspecified atom stereocenters. The van der Waals surface area contributed by atoms with Crippen molar-refractivity contribution >= 4 is 22.5 Å². The van der Waals surface area contributed by atoms with E-state index in [0.29, 0.717) is 12.1 Å². The molecule has 0 saturated heterocycles. The van der Waals surface area contributed by atoms with Crippen molar-refractivity contribution < 1.29 is 9.72 Å². The van der Waals surface area contributed by atoms with Gasteiger partial charge in [0.1, 0.15) is 5.52 Å². The Morgan fingerprint density at radius 3 is 2.75 bits per heavy atom. The summed E-state index contributed by atoms with van der Waals surface area (Å²) in [7, 11) is 0. The summed E-state index contributed by atoms with van der Waals surface area (Å²) < 4.78 is 1.71. The molecule has 0 fully saturated rings. The van der Waals surface area contributed by atoms with Gasteiger partial charge in [-0.15, -0.1) is 0 Å². The summed E-state index contributed by atoms with van der Waals surface area (Å²) in [5.74, 6) is 4.84. The van der Waals surface area contributed by atoms with Crippen molar-refractivity contribution in [3.8, 4) is 0 Å². The average molecular weight is 276 g/mol. The number of nitro groups is 1. The highest BCUT2D eigenvalue weighted by Crippen LogP contribution is 2.29. The lowest BCUT2D eigenvalue weighted by atomic mass is 9.92. The molecule has 0 bridgehead atoms. The quantitative estimate of drug-likeness (QED) is 0.383. The number of nitrogens with two attached hydrogens (primary N) is 1. The zero-order valence-corrected chi connectivity index (χ0v) is 11.3. The van der Waals surface area contributed by atoms with Crippen LogP contribution in [0.4, 0.5) is 5.69 Å². The molecule has 2 aromatic rings. The van der Waals surface area contributed by atoms with Gasteiger partial charge in [-0.25, -0.2) is 5.84 Å². The number of rotatable bonds is 4. The van der Waals surface area contributed by atoms with E-state index in [2.05, 4.69) is 5.43 Å². The molecule has 7 nitrogen and oxygen atoms in total. The monoisotopic (exact) mass is 276 g/mol. The molecule has 0 atom stereocenters. The third-order valence-corrected chi connectivity index (χ3v) is 3.28. The molecule has 0 saturated carbocycles. The molecule has 0 aliphatic rings. The van der Waals surface area contributed by atoms with Crippen molar-refractivity contribution in [2.45, 2.75) is 20.4 Å². The molecule has 1 aromatic carbocycles. The number of nitrogens with zero attached hydrogens (tertiary/aromatic N) is 2. The van der Waals surface area contributed by atoms with Crippen molar-refractivity contribution in [1.29, 1.82) is 0 Å². The van der Waals surface area contributed by atoms with E-state index < -0.39 is 10.3 Å². The normalized spacial score (nSPS) is 11.6. The third-order valence-electron chi connectivity index (χ3n) is 3.28. The van der Waals surface area contributed by atoms with Crippen LogP contribution in [-0.2, 0) is 11.3 Å². The molecule has 7 heteroatoms. The van der Waals surface area contributed by atoms with Crippen LogP contribution in [0.3, 0.4) is 0 Å². The minimum atomic E-state index is -0.773. The summed E-state index contributed by atoms with van der Waals surface area (Å²) in [5.41, 5.74) is 1.88.